The van der Waals surface area contributed by atoms with Crippen molar-refractivity contribution in [1.82, 2.24) is 4.98 Å². The maximum absolute atomic E-state index is 12.9. The van der Waals surface area contributed by atoms with Gasteiger partial charge in [-0.05, 0) is 43.3 Å². The van der Waals surface area contributed by atoms with Gasteiger partial charge in [-0.2, -0.15) is 0 Å². The number of nitrogens with one attached hydrogen (secondary N) is 1. The van der Waals surface area contributed by atoms with E-state index in [1.165, 1.54) is 23.5 Å². The second kappa shape index (κ2) is 10.1. The van der Waals surface area contributed by atoms with Gasteiger partial charge in [0.25, 0.3) is 5.91 Å². The third-order valence-electron chi connectivity index (χ3n) is 4.99. The van der Waals surface area contributed by atoms with Crippen LogP contribution in [-0.2, 0) is 14.6 Å². The van der Waals surface area contributed by atoms with E-state index in [0.29, 0.717) is 41.3 Å². The summed E-state index contributed by atoms with van der Waals surface area (Å²) in [6.07, 6.45) is 1.00. The maximum atomic E-state index is 12.9. The Hall–Kier alpha value is -2.99. The van der Waals surface area contributed by atoms with Crippen molar-refractivity contribution in [3.63, 3.8) is 0 Å². The molecule has 1 aromatic heterocycles. The number of benzene rings is 2. The highest BCUT2D eigenvalue weighted by atomic mass is 32.2. The van der Waals surface area contributed by atoms with Crippen LogP contribution in [0.15, 0.2) is 52.7 Å². The molecule has 2 atom stereocenters. The standard InChI is InChI=1S/C23H24N2O7S2/c1-14(26)21-13-33-23(24-21)25-22(27)15-9-18(11-19(10-15)32-17-7-8-30-12-17)31-16-3-5-20(6-4-16)34(2,28)29/h3-6,9-11,13-14,17,26H,7-8,12H2,1-2H3,(H,24,25,27). The number of nitrogens with zero attached hydrogens (tertiary/aromatic N) is 1. The molecule has 9 nitrogen and oxygen atoms in total. The first-order valence-corrected chi connectivity index (χ1v) is 13.3. The SMILES string of the molecule is CC(O)c1csc(NC(=O)c2cc(Oc3ccc(S(C)(=O)=O)cc3)cc(OC3CCOC3)c2)n1. The summed E-state index contributed by atoms with van der Waals surface area (Å²) in [5.41, 5.74) is 0.758. The van der Waals surface area contributed by atoms with E-state index in [1.54, 1.807) is 42.6 Å². The van der Waals surface area contributed by atoms with Gasteiger partial charge in [0.1, 0.15) is 23.4 Å². The Morgan fingerprint density at radius 3 is 2.56 bits per heavy atom. The summed E-state index contributed by atoms with van der Waals surface area (Å²) >= 11 is 1.21. The number of anilines is 1. The van der Waals surface area contributed by atoms with Gasteiger partial charge in [-0.15, -0.1) is 11.3 Å². The van der Waals surface area contributed by atoms with Gasteiger partial charge in [0, 0.05) is 29.7 Å². The Kier molecular flexibility index (Phi) is 7.17. The fourth-order valence-corrected chi connectivity index (χ4v) is 4.65. The van der Waals surface area contributed by atoms with Crippen LogP contribution >= 0.6 is 11.3 Å². The van der Waals surface area contributed by atoms with E-state index in [4.69, 9.17) is 14.2 Å². The van der Waals surface area contributed by atoms with Crippen LogP contribution in [-0.4, -0.2) is 50.0 Å². The first-order valence-electron chi connectivity index (χ1n) is 10.5. The number of hydrogen-bond acceptors (Lipinski definition) is 9. The number of ether oxygens (including phenoxy) is 3. The van der Waals surface area contributed by atoms with Crippen LogP contribution in [0.5, 0.6) is 17.2 Å². The number of carbonyl (C=O) groups excluding carboxylic acids is 1. The molecule has 0 bridgehead atoms. The van der Waals surface area contributed by atoms with Gasteiger partial charge < -0.3 is 19.3 Å². The third kappa shape index (κ3) is 6.11. The van der Waals surface area contributed by atoms with Crippen LogP contribution in [0, 0.1) is 0 Å². The predicted molar refractivity (Wildman–Crippen MR) is 127 cm³/mol. The number of rotatable bonds is 8. The van der Waals surface area contributed by atoms with Crippen molar-refractivity contribution in [2.45, 2.75) is 30.4 Å². The zero-order valence-electron chi connectivity index (χ0n) is 18.6. The highest BCUT2D eigenvalue weighted by molar-refractivity contribution is 7.90. The minimum absolute atomic E-state index is 0.132. The number of aromatic nitrogens is 1. The summed E-state index contributed by atoms with van der Waals surface area (Å²) in [5.74, 6) is 0.769. The molecule has 2 unspecified atom stereocenters. The summed E-state index contributed by atoms with van der Waals surface area (Å²) in [4.78, 5) is 17.3. The molecule has 0 saturated carbocycles. The number of aliphatic hydroxyl groups excluding tert-OH is 1. The fourth-order valence-electron chi connectivity index (χ4n) is 3.22. The van der Waals surface area contributed by atoms with Gasteiger partial charge in [-0.1, -0.05) is 0 Å². The van der Waals surface area contributed by atoms with Crippen molar-refractivity contribution in [2.24, 2.45) is 0 Å². The predicted octanol–water partition coefficient (Wildman–Crippen LogP) is 3.81. The largest absolute Gasteiger partial charge is 0.488 e. The van der Waals surface area contributed by atoms with Crippen molar-refractivity contribution in [3.8, 4) is 17.2 Å². The van der Waals surface area contributed by atoms with Gasteiger partial charge >= 0.3 is 0 Å². The Bertz CT molecular complexity index is 1260. The van der Waals surface area contributed by atoms with E-state index in [0.717, 1.165) is 12.7 Å². The van der Waals surface area contributed by atoms with E-state index in [2.05, 4.69) is 10.3 Å². The minimum atomic E-state index is -3.32. The van der Waals surface area contributed by atoms with Gasteiger partial charge in [0.05, 0.1) is 29.9 Å². The quantitative estimate of drug-likeness (QED) is 0.475. The number of sulfone groups is 1. The molecule has 4 rings (SSSR count). The van der Waals surface area contributed by atoms with Crippen LogP contribution in [0.2, 0.25) is 0 Å². The van der Waals surface area contributed by atoms with Gasteiger partial charge in [0.15, 0.2) is 15.0 Å². The lowest BCUT2D eigenvalue weighted by atomic mass is 10.2. The highest BCUT2D eigenvalue weighted by Gasteiger charge is 2.20. The van der Waals surface area contributed by atoms with E-state index in [9.17, 15) is 18.3 Å². The molecule has 1 saturated heterocycles. The van der Waals surface area contributed by atoms with Crippen molar-refractivity contribution in [1.29, 1.82) is 0 Å². The Labute approximate surface area is 201 Å². The summed E-state index contributed by atoms with van der Waals surface area (Å²) in [6.45, 7) is 2.66. The molecule has 1 fully saturated rings. The van der Waals surface area contributed by atoms with E-state index in [1.807, 2.05) is 0 Å². The zero-order chi connectivity index (χ0) is 24.3. The van der Waals surface area contributed by atoms with E-state index < -0.39 is 21.8 Å². The van der Waals surface area contributed by atoms with Crippen LogP contribution in [0.4, 0.5) is 5.13 Å². The molecule has 0 radical (unpaired) electrons. The number of carbonyl (C=O) groups is 1. The van der Waals surface area contributed by atoms with Gasteiger partial charge in [-0.3, -0.25) is 10.1 Å². The average Bonchev–Trinajstić information content (AvgIpc) is 3.45. The van der Waals surface area contributed by atoms with Gasteiger partial charge in [-0.25, -0.2) is 13.4 Å². The number of amides is 1. The molecular weight excluding hydrogens is 480 g/mol. The zero-order valence-corrected chi connectivity index (χ0v) is 20.2. The van der Waals surface area contributed by atoms with Crippen LogP contribution < -0.4 is 14.8 Å². The Balaban J connectivity index is 1.58. The van der Waals surface area contributed by atoms with Crippen molar-refractivity contribution >= 4 is 32.2 Å². The molecule has 0 spiro atoms. The van der Waals surface area contributed by atoms with Gasteiger partial charge in [0.2, 0.25) is 0 Å². The number of hydrogen-bond donors (Lipinski definition) is 2. The van der Waals surface area contributed by atoms with Crippen LogP contribution in [0.3, 0.4) is 0 Å². The lowest BCUT2D eigenvalue weighted by molar-refractivity contribution is 0.102. The topological polar surface area (TPSA) is 124 Å². The number of aliphatic hydroxyl groups is 1. The normalized spacial score (nSPS) is 16.7. The monoisotopic (exact) mass is 504 g/mol. The Morgan fingerprint density at radius 1 is 1.21 bits per heavy atom. The molecule has 11 heteroatoms. The van der Waals surface area contributed by atoms with Crippen molar-refractivity contribution in [3.05, 3.63) is 59.1 Å². The molecule has 1 aliphatic heterocycles. The minimum Gasteiger partial charge on any atom is -0.488 e. The third-order valence-corrected chi connectivity index (χ3v) is 6.90. The molecule has 2 N–H and O–H groups in total. The first-order chi connectivity index (χ1) is 16.2. The second-order valence-electron chi connectivity index (χ2n) is 7.85. The van der Waals surface area contributed by atoms with Crippen LogP contribution in [0.25, 0.3) is 0 Å². The molecule has 1 aliphatic rings. The van der Waals surface area contributed by atoms with Crippen LogP contribution in [0.1, 0.15) is 35.5 Å². The van der Waals surface area contributed by atoms with Crippen molar-refractivity contribution in [2.75, 3.05) is 24.8 Å². The first kappa shape index (κ1) is 24.1. The lowest BCUT2D eigenvalue weighted by Crippen LogP contribution is -2.17. The summed E-state index contributed by atoms with van der Waals surface area (Å²) < 4.78 is 40.6. The molecule has 2 heterocycles. The molecule has 180 valence electrons. The summed E-state index contributed by atoms with van der Waals surface area (Å²) in [6, 6.07) is 10.8. The smallest absolute Gasteiger partial charge is 0.257 e. The summed E-state index contributed by atoms with van der Waals surface area (Å²) in [5, 5.41) is 14.4. The highest BCUT2D eigenvalue weighted by Crippen LogP contribution is 2.30. The van der Waals surface area contributed by atoms with E-state index in [-0.39, 0.29) is 16.6 Å². The maximum Gasteiger partial charge on any atom is 0.257 e. The lowest BCUT2D eigenvalue weighted by Gasteiger charge is -2.15. The second-order valence-corrected chi connectivity index (χ2v) is 10.7. The molecule has 2 aromatic carbocycles. The Morgan fingerprint density at radius 2 is 1.94 bits per heavy atom. The molecule has 1 amide bonds. The molecule has 0 aliphatic carbocycles. The average molecular weight is 505 g/mol. The molecule has 3 aromatic rings. The van der Waals surface area contributed by atoms with Crippen molar-refractivity contribution < 1.29 is 32.5 Å². The summed E-state index contributed by atoms with van der Waals surface area (Å²) in [7, 11) is -3.32. The van der Waals surface area contributed by atoms with E-state index >= 15 is 0 Å². The molecule has 34 heavy (non-hydrogen) atoms. The fraction of sp³-hybridized carbons (Fsp3) is 0.304. The molecular formula is C23H24N2O7S2. The number of thiazole rings is 1.